The molecule has 0 bridgehead atoms. The Morgan fingerprint density at radius 1 is 1.14 bits per heavy atom. The monoisotopic (exact) mass is 395 g/mol. The topological polar surface area (TPSA) is 48.1 Å². The number of aromatic nitrogens is 4. The third-order valence-electron chi connectivity index (χ3n) is 5.23. The lowest BCUT2D eigenvalue weighted by molar-refractivity contribution is 0.190. The fraction of sp³-hybridized carbons (Fsp3) is 0.381. The second-order valence-corrected chi connectivity index (χ2v) is 7.38. The van der Waals surface area contributed by atoms with Crippen LogP contribution in [0.25, 0.3) is 11.4 Å². The summed E-state index contributed by atoms with van der Waals surface area (Å²) in [5, 5.41) is 4.80. The lowest BCUT2D eigenvalue weighted by Gasteiger charge is -2.24. The summed E-state index contributed by atoms with van der Waals surface area (Å²) in [6.45, 7) is 4.42. The van der Waals surface area contributed by atoms with Crippen LogP contribution >= 0.6 is 12.2 Å². The van der Waals surface area contributed by atoms with E-state index < -0.39 is 0 Å². The van der Waals surface area contributed by atoms with Crippen LogP contribution in [-0.4, -0.2) is 37.4 Å². The van der Waals surface area contributed by atoms with Crippen molar-refractivity contribution < 1.29 is 4.74 Å². The Morgan fingerprint density at radius 2 is 1.89 bits per heavy atom. The third kappa shape index (κ3) is 3.72. The summed E-state index contributed by atoms with van der Waals surface area (Å²) in [6, 6.07) is 12.8. The van der Waals surface area contributed by atoms with E-state index in [1.165, 1.54) is 12.0 Å². The van der Waals surface area contributed by atoms with Crippen LogP contribution in [0, 0.1) is 4.77 Å². The molecule has 1 atom stereocenters. The largest absolute Gasteiger partial charge is 0.494 e. The summed E-state index contributed by atoms with van der Waals surface area (Å²) in [5.41, 5.74) is 2.34. The maximum Gasteiger partial charge on any atom is 0.199 e. The lowest BCUT2D eigenvalue weighted by Crippen LogP contribution is -2.27. The van der Waals surface area contributed by atoms with Crippen LogP contribution in [0.2, 0.25) is 0 Å². The predicted octanol–water partition coefficient (Wildman–Crippen LogP) is 4.21. The van der Waals surface area contributed by atoms with E-state index in [4.69, 9.17) is 22.1 Å². The molecule has 6 nitrogen and oxygen atoms in total. The van der Waals surface area contributed by atoms with Gasteiger partial charge < -0.3 is 9.30 Å². The average molecular weight is 396 g/mol. The van der Waals surface area contributed by atoms with Crippen molar-refractivity contribution >= 4 is 12.2 Å². The van der Waals surface area contributed by atoms with Crippen LogP contribution in [0.5, 0.6) is 5.75 Å². The first-order valence-electron chi connectivity index (χ1n) is 9.68. The first-order chi connectivity index (χ1) is 13.7. The molecule has 7 heteroatoms. The van der Waals surface area contributed by atoms with Gasteiger partial charge in [-0.1, -0.05) is 12.1 Å². The number of rotatable bonds is 6. The minimum Gasteiger partial charge on any atom is -0.494 e. The van der Waals surface area contributed by atoms with Gasteiger partial charge in [0, 0.05) is 37.6 Å². The molecule has 3 heterocycles. The highest BCUT2D eigenvalue weighted by Gasteiger charge is 2.27. The number of nitrogens with zero attached hydrogens (tertiary/aromatic N) is 5. The molecule has 1 aliphatic rings. The Bertz CT molecular complexity index is 980. The molecule has 0 unspecified atom stereocenters. The van der Waals surface area contributed by atoms with E-state index >= 15 is 0 Å². The van der Waals surface area contributed by atoms with E-state index in [1.807, 2.05) is 35.4 Å². The zero-order chi connectivity index (χ0) is 19.5. The number of likely N-dealkylation sites (tertiary alicyclic amines) is 1. The van der Waals surface area contributed by atoms with Gasteiger partial charge in [-0.2, -0.15) is 5.10 Å². The number of hydrogen-bond donors (Lipinski definition) is 0. The molecule has 0 radical (unpaired) electrons. The highest BCUT2D eigenvalue weighted by molar-refractivity contribution is 7.71. The van der Waals surface area contributed by atoms with Gasteiger partial charge in [0.2, 0.25) is 0 Å². The number of pyridine rings is 1. The Morgan fingerprint density at radius 3 is 2.61 bits per heavy atom. The number of hydrogen-bond acceptors (Lipinski definition) is 5. The van der Waals surface area contributed by atoms with Crippen LogP contribution in [0.3, 0.4) is 0 Å². The quantitative estimate of drug-likeness (QED) is 0.585. The number of benzene rings is 1. The normalized spacial score (nSPS) is 17.1. The van der Waals surface area contributed by atoms with Crippen molar-refractivity contribution in [3.8, 4) is 17.1 Å². The van der Waals surface area contributed by atoms with Crippen LogP contribution in [-0.2, 0) is 13.7 Å². The number of ether oxygens (including phenoxy) is 1. The molecule has 0 spiro atoms. The first kappa shape index (κ1) is 18.8. The van der Waals surface area contributed by atoms with E-state index in [0.717, 1.165) is 34.9 Å². The summed E-state index contributed by atoms with van der Waals surface area (Å²) in [6.07, 6.45) is 5.88. The molecule has 0 amide bonds. The minimum absolute atomic E-state index is 0.379. The van der Waals surface area contributed by atoms with E-state index in [1.54, 1.807) is 12.4 Å². The van der Waals surface area contributed by atoms with Crippen molar-refractivity contribution in [2.45, 2.75) is 32.5 Å². The van der Waals surface area contributed by atoms with Gasteiger partial charge in [0.25, 0.3) is 0 Å². The zero-order valence-electron chi connectivity index (χ0n) is 16.3. The molecule has 1 aromatic carbocycles. The van der Waals surface area contributed by atoms with E-state index in [9.17, 15) is 0 Å². The second-order valence-electron chi connectivity index (χ2n) is 7.01. The highest BCUT2D eigenvalue weighted by Crippen LogP contribution is 2.33. The molecule has 1 saturated heterocycles. The Hall–Kier alpha value is -2.51. The Kier molecular flexibility index (Phi) is 5.54. The summed E-state index contributed by atoms with van der Waals surface area (Å²) in [7, 11) is 1.97. The minimum atomic E-state index is 0.379. The van der Waals surface area contributed by atoms with Crippen molar-refractivity contribution in [3.05, 3.63) is 59.1 Å². The molecule has 146 valence electrons. The van der Waals surface area contributed by atoms with Gasteiger partial charge in [0.1, 0.15) is 5.75 Å². The SMILES string of the molecule is CCOc1ccc([C@H]2CCCN2Cn2nc(-c3ccncc3)n(C)c2=S)cc1. The van der Waals surface area contributed by atoms with Crippen molar-refractivity contribution in [2.24, 2.45) is 7.05 Å². The van der Waals surface area contributed by atoms with E-state index in [2.05, 4.69) is 34.1 Å². The highest BCUT2D eigenvalue weighted by atomic mass is 32.1. The summed E-state index contributed by atoms with van der Waals surface area (Å²) >= 11 is 5.65. The molecule has 4 rings (SSSR count). The molecule has 2 aromatic heterocycles. The van der Waals surface area contributed by atoms with Crippen LogP contribution in [0.15, 0.2) is 48.8 Å². The fourth-order valence-corrected chi connectivity index (χ4v) is 4.02. The second kappa shape index (κ2) is 8.24. The van der Waals surface area contributed by atoms with Crippen LogP contribution in [0.4, 0.5) is 0 Å². The van der Waals surface area contributed by atoms with E-state index in [0.29, 0.717) is 19.3 Å². The molecule has 0 N–H and O–H groups in total. The fourth-order valence-electron chi connectivity index (χ4n) is 3.83. The maximum absolute atomic E-state index is 5.65. The molecular weight excluding hydrogens is 370 g/mol. The van der Waals surface area contributed by atoms with Gasteiger partial charge >= 0.3 is 0 Å². The molecular formula is C21H25N5OS. The van der Waals surface area contributed by atoms with Crippen LogP contribution < -0.4 is 4.74 Å². The lowest BCUT2D eigenvalue weighted by atomic mass is 10.0. The van der Waals surface area contributed by atoms with Crippen molar-refractivity contribution in [1.82, 2.24) is 24.2 Å². The smallest absolute Gasteiger partial charge is 0.199 e. The summed E-state index contributed by atoms with van der Waals surface area (Å²) < 4.78 is 10.2. The molecule has 1 aliphatic heterocycles. The molecule has 0 saturated carbocycles. The Labute approximate surface area is 170 Å². The summed E-state index contributed by atoms with van der Waals surface area (Å²) in [5.74, 6) is 1.79. The van der Waals surface area contributed by atoms with Crippen LogP contribution in [0.1, 0.15) is 31.4 Å². The van der Waals surface area contributed by atoms with Gasteiger partial charge in [-0.15, -0.1) is 0 Å². The zero-order valence-corrected chi connectivity index (χ0v) is 17.1. The third-order valence-corrected chi connectivity index (χ3v) is 5.72. The molecule has 1 fully saturated rings. The standard InChI is InChI=1S/C21H25N5OS/c1-3-27-18-8-6-16(7-9-18)19-5-4-14-25(19)15-26-21(28)24(2)20(23-26)17-10-12-22-13-11-17/h6-13,19H,3-5,14-15H2,1-2H3/t19-/m1/s1. The summed E-state index contributed by atoms with van der Waals surface area (Å²) in [4.78, 5) is 6.54. The van der Waals surface area contributed by atoms with Gasteiger partial charge in [-0.25, -0.2) is 4.68 Å². The first-order valence-corrected chi connectivity index (χ1v) is 10.1. The van der Waals surface area contributed by atoms with Gasteiger partial charge in [0.15, 0.2) is 10.6 Å². The molecule has 3 aromatic rings. The predicted molar refractivity (Wildman–Crippen MR) is 112 cm³/mol. The van der Waals surface area contributed by atoms with Crippen molar-refractivity contribution in [1.29, 1.82) is 0 Å². The Balaban J connectivity index is 1.56. The van der Waals surface area contributed by atoms with Crippen molar-refractivity contribution in [3.63, 3.8) is 0 Å². The van der Waals surface area contributed by atoms with Gasteiger partial charge in [-0.3, -0.25) is 9.88 Å². The van der Waals surface area contributed by atoms with Gasteiger partial charge in [-0.05, 0) is 61.8 Å². The van der Waals surface area contributed by atoms with E-state index in [-0.39, 0.29) is 0 Å². The molecule has 28 heavy (non-hydrogen) atoms. The maximum atomic E-state index is 5.65. The van der Waals surface area contributed by atoms with Crippen molar-refractivity contribution in [2.75, 3.05) is 13.2 Å². The average Bonchev–Trinajstić information content (AvgIpc) is 3.30. The van der Waals surface area contributed by atoms with Gasteiger partial charge in [0.05, 0.1) is 13.3 Å². The molecule has 0 aliphatic carbocycles.